The van der Waals surface area contributed by atoms with Gasteiger partial charge in [-0.15, -0.1) is 11.6 Å². The Balaban J connectivity index is 2.11. The molecule has 6 nitrogen and oxygen atoms in total. The van der Waals surface area contributed by atoms with E-state index in [1.54, 1.807) is 6.07 Å². The summed E-state index contributed by atoms with van der Waals surface area (Å²) in [6, 6.07) is 4.41. The zero-order chi connectivity index (χ0) is 17.1. The van der Waals surface area contributed by atoms with Gasteiger partial charge in [-0.2, -0.15) is 0 Å². The Hall–Kier alpha value is -1.87. The number of amides is 1. The molecule has 1 unspecified atom stereocenters. The summed E-state index contributed by atoms with van der Waals surface area (Å²) in [7, 11) is -1.51. The van der Waals surface area contributed by atoms with Crippen LogP contribution in [0.3, 0.4) is 0 Å². The van der Waals surface area contributed by atoms with Crippen molar-refractivity contribution in [3.8, 4) is 5.75 Å². The van der Waals surface area contributed by atoms with Gasteiger partial charge < -0.3 is 20.1 Å². The lowest BCUT2D eigenvalue weighted by molar-refractivity contribution is -0.121. The predicted molar refractivity (Wildman–Crippen MR) is 77.9 cm³/mol. The van der Waals surface area contributed by atoms with Crippen molar-refractivity contribution in [3.05, 3.63) is 29.3 Å². The summed E-state index contributed by atoms with van der Waals surface area (Å²) in [6.07, 6.45) is -3.45. The standard InChI is InChI=1S/C13H13BClF2NO5/c15-8(5-10(16)17)12(19)18-9-4-6-2-1-3-7(13(20)21)11(6)23-14(9)22/h1-3,8-10,22H,4-5H2,(H,18,19)(H,20,21)/t8-,9?/m1/s1. The number of hydrogen-bond donors (Lipinski definition) is 3. The van der Waals surface area contributed by atoms with Crippen LogP contribution in [0.5, 0.6) is 5.75 Å². The minimum Gasteiger partial charge on any atom is -0.534 e. The maximum Gasteiger partial charge on any atom is 0.547 e. The maximum absolute atomic E-state index is 12.2. The summed E-state index contributed by atoms with van der Waals surface area (Å²) in [5.74, 6) is -2.96. The number of alkyl halides is 3. The number of carboxylic acid groups (broad SMARTS) is 1. The van der Waals surface area contributed by atoms with Crippen LogP contribution >= 0.6 is 11.6 Å². The number of carboxylic acids is 1. The van der Waals surface area contributed by atoms with E-state index in [9.17, 15) is 23.4 Å². The molecule has 23 heavy (non-hydrogen) atoms. The SMILES string of the molecule is O=C(O)c1cccc2c1OB(O)C(NC(=O)[C@H](Cl)CC(F)F)C2. The first kappa shape index (κ1) is 17.5. The summed E-state index contributed by atoms with van der Waals surface area (Å²) in [6.45, 7) is 0. The Bertz CT molecular complexity index is 618. The molecule has 1 heterocycles. The Morgan fingerprint density at radius 1 is 1.48 bits per heavy atom. The number of benzene rings is 1. The summed E-state index contributed by atoms with van der Waals surface area (Å²) in [5, 5.41) is 19.9. The average Bonchev–Trinajstić information content (AvgIpc) is 2.46. The van der Waals surface area contributed by atoms with Crippen molar-refractivity contribution >= 4 is 30.6 Å². The number of para-hydroxylation sites is 1. The highest BCUT2D eigenvalue weighted by molar-refractivity contribution is 6.47. The Labute approximate surface area is 135 Å². The zero-order valence-electron chi connectivity index (χ0n) is 11.7. The first-order chi connectivity index (χ1) is 10.8. The van der Waals surface area contributed by atoms with Crippen LogP contribution in [-0.4, -0.2) is 46.9 Å². The highest BCUT2D eigenvalue weighted by Gasteiger charge is 2.38. The van der Waals surface area contributed by atoms with E-state index in [-0.39, 0.29) is 17.7 Å². The number of halogens is 3. The van der Waals surface area contributed by atoms with E-state index in [1.165, 1.54) is 12.1 Å². The van der Waals surface area contributed by atoms with Crippen LogP contribution in [0.2, 0.25) is 0 Å². The van der Waals surface area contributed by atoms with Gasteiger partial charge in [-0.1, -0.05) is 12.1 Å². The van der Waals surface area contributed by atoms with E-state index in [4.69, 9.17) is 21.4 Å². The van der Waals surface area contributed by atoms with Crippen molar-refractivity contribution < 1.29 is 33.2 Å². The van der Waals surface area contributed by atoms with E-state index >= 15 is 0 Å². The number of aromatic carboxylic acids is 1. The van der Waals surface area contributed by atoms with Crippen LogP contribution in [0.1, 0.15) is 22.3 Å². The lowest BCUT2D eigenvalue weighted by atomic mass is 9.72. The van der Waals surface area contributed by atoms with E-state index in [0.717, 1.165) is 0 Å². The van der Waals surface area contributed by atoms with Gasteiger partial charge in [0.2, 0.25) is 12.3 Å². The van der Waals surface area contributed by atoms with Gasteiger partial charge in [0, 0.05) is 6.42 Å². The molecule has 1 aliphatic heterocycles. The van der Waals surface area contributed by atoms with Crippen LogP contribution in [0, 0.1) is 0 Å². The van der Waals surface area contributed by atoms with Crippen LogP contribution in [-0.2, 0) is 11.2 Å². The number of nitrogens with one attached hydrogen (secondary N) is 1. The Morgan fingerprint density at radius 3 is 2.78 bits per heavy atom. The summed E-state index contributed by atoms with van der Waals surface area (Å²) < 4.78 is 29.6. The van der Waals surface area contributed by atoms with Crippen molar-refractivity contribution in [2.24, 2.45) is 0 Å². The molecule has 0 radical (unpaired) electrons. The molecule has 10 heteroatoms. The maximum atomic E-state index is 12.2. The molecular formula is C13H13BClF2NO5. The highest BCUT2D eigenvalue weighted by atomic mass is 35.5. The van der Waals surface area contributed by atoms with Crippen LogP contribution < -0.4 is 9.97 Å². The second-order valence-corrected chi connectivity index (χ2v) is 5.55. The van der Waals surface area contributed by atoms with E-state index < -0.39 is 43.2 Å². The molecule has 2 atom stereocenters. The van der Waals surface area contributed by atoms with Crippen molar-refractivity contribution in [1.29, 1.82) is 0 Å². The Kier molecular flexibility index (Phi) is 5.43. The molecule has 0 aromatic heterocycles. The fourth-order valence-corrected chi connectivity index (χ4v) is 2.45. The van der Waals surface area contributed by atoms with E-state index in [0.29, 0.717) is 5.56 Å². The van der Waals surface area contributed by atoms with Crippen molar-refractivity contribution in [1.82, 2.24) is 5.32 Å². The number of carbonyl (C=O) groups is 2. The van der Waals surface area contributed by atoms with E-state index in [1.807, 2.05) is 0 Å². The number of rotatable bonds is 5. The van der Waals surface area contributed by atoms with E-state index in [2.05, 4.69) is 5.32 Å². The van der Waals surface area contributed by atoms with Gasteiger partial charge in [0.1, 0.15) is 11.1 Å². The normalized spacial score (nSPS) is 18.1. The van der Waals surface area contributed by atoms with Gasteiger partial charge in [-0.25, -0.2) is 13.6 Å². The van der Waals surface area contributed by atoms with Gasteiger partial charge >= 0.3 is 13.1 Å². The fraction of sp³-hybridized carbons (Fsp3) is 0.385. The predicted octanol–water partition coefficient (Wildman–Crippen LogP) is 1.09. The van der Waals surface area contributed by atoms with Gasteiger partial charge in [-0.05, 0) is 18.1 Å². The zero-order valence-corrected chi connectivity index (χ0v) is 12.5. The summed E-state index contributed by atoms with van der Waals surface area (Å²) in [5.41, 5.74) is 0.361. The fourth-order valence-electron chi connectivity index (χ4n) is 2.25. The molecule has 0 aliphatic carbocycles. The van der Waals surface area contributed by atoms with Gasteiger partial charge in [0.05, 0.1) is 11.5 Å². The number of carbonyl (C=O) groups excluding carboxylic acids is 1. The van der Waals surface area contributed by atoms with Crippen LogP contribution in [0.25, 0.3) is 0 Å². The molecule has 0 saturated heterocycles. The average molecular weight is 348 g/mol. The molecular weight excluding hydrogens is 334 g/mol. The summed E-state index contributed by atoms with van der Waals surface area (Å²) in [4.78, 5) is 22.9. The lowest BCUT2D eigenvalue weighted by Crippen LogP contribution is -2.54. The first-order valence-electron chi connectivity index (χ1n) is 6.72. The largest absolute Gasteiger partial charge is 0.547 e. The molecule has 1 amide bonds. The molecule has 3 N–H and O–H groups in total. The van der Waals surface area contributed by atoms with Crippen LogP contribution in [0.4, 0.5) is 8.78 Å². The third-order valence-corrected chi connectivity index (χ3v) is 3.72. The molecule has 1 aromatic rings. The smallest absolute Gasteiger partial charge is 0.534 e. The molecule has 0 bridgehead atoms. The molecule has 0 spiro atoms. The second-order valence-electron chi connectivity index (χ2n) is 5.02. The lowest BCUT2D eigenvalue weighted by Gasteiger charge is -2.29. The third kappa shape index (κ3) is 4.11. The topological polar surface area (TPSA) is 95.9 Å². The quantitative estimate of drug-likeness (QED) is 0.547. The second kappa shape index (κ2) is 7.14. The molecule has 2 rings (SSSR count). The molecule has 124 valence electrons. The van der Waals surface area contributed by atoms with Crippen molar-refractivity contribution in [2.45, 2.75) is 30.6 Å². The van der Waals surface area contributed by atoms with Gasteiger partial charge in [-0.3, -0.25) is 4.79 Å². The van der Waals surface area contributed by atoms with Gasteiger partial charge in [0.25, 0.3) is 0 Å². The minimum atomic E-state index is -2.73. The first-order valence-corrected chi connectivity index (χ1v) is 7.15. The molecule has 1 aliphatic rings. The van der Waals surface area contributed by atoms with Crippen molar-refractivity contribution in [2.75, 3.05) is 0 Å². The number of hydrogen-bond acceptors (Lipinski definition) is 4. The molecule has 1 aromatic carbocycles. The number of fused-ring (bicyclic) bond motifs is 1. The minimum absolute atomic E-state index is 0.0213. The van der Waals surface area contributed by atoms with Gasteiger partial charge in [0.15, 0.2) is 0 Å². The molecule has 0 fully saturated rings. The highest BCUT2D eigenvalue weighted by Crippen LogP contribution is 2.30. The molecule has 0 saturated carbocycles. The third-order valence-electron chi connectivity index (χ3n) is 3.35. The Morgan fingerprint density at radius 2 is 2.17 bits per heavy atom. The monoisotopic (exact) mass is 347 g/mol. The summed E-state index contributed by atoms with van der Waals surface area (Å²) >= 11 is 5.57. The van der Waals surface area contributed by atoms with Crippen molar-refractivity contribution in [3.63, 3.8) is 0 Å². The van der Waals surface area contributed by atoms with Crippen LogP contribution in [0.15, 0.2) is 18.2 Å².